The smallest absolute Gasteiger partial charge is 0.354 e. The van der Waals surface area contributed by atoms with Gasteiger partial charge in [0.2, 0.25) is 5.88 Å². The van der Waals surface area contributed by atoms with E-state index in [1.54, 1.807) is 30.3 Å². The average molecular weight is 605 g/mol. The molecule has 2 aliphatic heterocycles. The van der Waals surface area contributed by atoms with Gasteiger partial charge in [-0.05, 0) is 45.9 Å². The van der Waals surface area contributed by atoms with Gasteiger partial charge in [-0.1, -0.05) is 53.4 Å². The van der Waals surface area contributed by atoms with Gasteiger partial charge in [0.05, 0.1) is 19.8 Å². The van der Waals surface area contributed by atoms with Crippen LogP contribution >= 0.6 is 11.6 Å². The Labute approximate surface area is 250 Å². The summed E-state index contributed by atoms with van der Waals surface area (Å²) in [5.74, 6) is -1.97. The maximum Gasteiger partial charge on any atom is 0.354 e. The Kier molecular flexibility index (Phi) is 20.3. The summed E-state index contributed by atoms with van der Waals surface area (Å²) in [7, 11) is 0. The molecule has 0 bridgehead atoms. The molecule has 0 saturated carbocycles. The molecule has 4 heterocycles. The molecule has 0 aliphatic carbocycles. The number of Topliss-reactive ketones (excluding diaryl/α,β-unsaturated/α-hetero) is 1. The summed E-state index contributed by atoms with van der Waals surface area (Å²) in [5, 5.41) is 17.7. The number of hydrogen-bond donors (Lipinski definition) is 2. The molecule has 0 amide bonds. The summed E-state index contributed by atoms with van der Waals surface area (Å²) < 4.78 is 26.7. The van der Waals surface area contributed by atoms with E-state index in [2.05, 4.69) is 9.97 Å². The van der Waals surface area contributed by atoms with E-state index in [1.807, 2.05) is 27.7 Å². The maximum absolute atomic E-state index is 10.7. The number of rotatable bonds is 6. The predicted octanol–water partition coefficient (Wildman–Crippen LogP) is 5.92. The van der Waals surface area contributed by atoms with Crippen LogP contribution < -0.4 is 4.74 Å². The highest BCUT2D eigenvalue weighted by molar-refractivity contribution is 6.29. The van der Waals surface area contributed by atoms with E-state index in [9.17, 15) is 9.59 Å². The average Bonchev–Trinajstić information content (AvgIpc) is 3.38. The lowest BCUT2D eigenvalue weighted by atomic mass is 10.3. The Bertz CT molecular complexity index is 1050. The summed E-state index contributed by atoms with van der Waals surface area (Å²) in [6.45, 7) is 10.1. The topological polar surface area (TPSA) is 147 Å². The van der Waals surface area contributed by atoms with Crippen LogP contribution in [0.25, 0.3) is 0 Å². The molecule has 0 radical (unpaired) electrons. The van der Waals surface area contributed by atoms with Gasteiger partial charge in [-0.2, -0.15) is 0 Å². The van der Waals surface area contributed by atoms with Crippen LogP contribution in [0.5, 0.6) is 5.88 Å². The van der Waals surface area contributed by atoms with Crippen molar-refractivity contribution in [3.05, 3.63) is 52.9 Å². The number of carboxylic acid groups (broad SMARTS) is 1. The number of carbonyl (C=O) groups is 2. The highest BCUT2D eigenvalue weighted by Crippen LogP contribution is 2.23. The number of carbonyl (C=O) groups excluding carboxylic acids is 1. The minimum absolute atomic E-state index is 0. The van der Waals surface area contributed by atoms with Crippen LogP contribution in [0, 0.1) is 0 Å². The quantitative estimate of drug-likeness (QED) is 0.299. The number of aromatic carboxylic acids is 1. The fourth-order valence-electron chi connectivity index (χ4n) is 3.10. The van der Waals surface area contributed by atoms with Crippen LogP contribution in [-0.2, 0) is 18.9 Å². The van der Waals surface area contributed by atoms with Crippen LogP contribution in [0.1, 0.15) is 85.3 Å². The van der Waals surface area contributed by atoms with Gasteiger partial charge in [0.1, 0.15) is 29.7 Å². The number of carboxylic acids is 1. The minimum atomic E-state index is -1.08. The highest BCUT2D eigenvalue weighted by Gasteiger charge is 2.33. The normalized spacial score (nSPS) is 19.1. The number of ether oxygens (including phenoxy) is 5. The molecule has 236 valence electrons. The molecule has 2 saturated heterocycles. The minimum Gasteiger partial charge on any atom is -0.477 e. The summed E-state index contributed by atoms with van der Waals surface area (Å²) in [4.78, 5) is 29.1. The van der Waals surface area contributed by atoms with E-state index in [0.29, 0.717) is 24.1 Å². The molecule has 2 aromatic rings. The van der Waals surface area contributed by atoms with E-state index in [-0.39, 0.29) is 72.5 Å². The number of aromatic nitrogens is 2. The molecule has 41 heavy (non-hydrogen) atoms. The lowest BCUT2D eigenvalue weighted by Gasteiger charge is -2.17. The third-order valence-electron chi connectivity index (χ3n) is 4.77. The second kappa shape index (κ2) is 19.5. The van der Waals surface area contributed by atoms with Crippen molar-refractivity contribution >= 4 is 23.4 Å². The Morgan fingerprint density at radius 2 is 1.41 bits per heavy atom. The fourth-order valence-corrected chi connectivity index (χ4v) is 3.26. The van der Waals surface area contributed by atoms with Crippen molar-refractivity contribution in [2.75, 3.05) is 26.4 Å². The number of ketones is 1. The van der Waals surface area contributed by atoms with Gasteiger partial charge in [-0.25, -0.2) is 14.8 Å². The van der Waals surface area contributed by atoms with E-state index in [0.717, 1.165) is 0 Å². The molecule has 11 nitrogen and oxygen atoms in total. The first-order valence-corrected chi connectivity index (χ1v) is 11.9. The van der Waals surface area contributed by atoms with E-state index < -0.39 is 17.5 Å². The van der Waals surface area contributed by atoms with Crippen LogP contribution in [0.2, 0.25) is 5.15 Å². The van der Waals surface area contributed by atoms with E-state index in [1.165, 1.54) is 13.0 Å². The summed E-state index contributed by atoms with van der Waals surface area (Å²) in [5.41, 5.74) is 0.365. The van der Waals surface area contributed by atoms with E-state index in [4.69, 9.17) is 45.5 Å². The van der Waals surface area contributed by atoms with Crippen molar-refractivity contribution in [1.82, 2.24) is 9.97 Å². The number of halogens is 1. The van der Waals surface area contributed by atoms with Crippen LogP contribution in [0.4, 0.5) is 0 Å². The Morgan fingerprint density at radius 3 is 1.80 bits per heavy atom. The predicted molar refractivity (Wildman–Crippen MR) is 160 cm³/mol. The van der Waals surface area contributed by atoms with Crippen molar-refractivity contribution in [3.63, 3.8) is 0 Å². The monoisotopic (exact) mass is 604 g/mol. The molecule has 2 aromatic heterocycles. The third kappa shape index (κ3) is 15.8. The summed E-state index contributed by atoms with van der Waals surface area (Å²) >= 11 is 5.53. The molecule has 12 heteroatoms. The van der Waals surface area contributed by atoms with Gasteiger partial charge in [0, 0.05) is 13.0 Å². The molecule has 2 aliphatic rings. The van der Waals surface area contributed by atoms with Gasteiger partial charge < -0.3 is 33.9 Å². The summed E-state index contributed by atoms with van der Waals surface area (Å²) in [6.07, 6.45) is -0.296. The molecule has 2 fully saturated rings. The molecular weight excluding hydrogens is 556 g/mol. The number of pyridine rings is 2. The van der Waals surface area contributed by atoms with Crippen molar-refractivity contribution in [2.45, 2.75) is 88.1 Å². The molecule has 4 rings (SSSR count). The van der Waals surface area contributed by atoms with Crippen molar-refractivity contribution in [1.29, 1.82) is 0 Å². The zero-order valence-electron chi connectivity index (χ0n) is 21.5. The van der Waals surface area contributed by atoms with Crippen LogP contribution in [0.3, 0.4) is 0 Å². The van der Waals surface area contributed by atoms with Gasteiger partial charge in [-0.15, -0.1) is 0 Å². The largest absolute Gasteiger partial charge is 0.477 e. The van der Waals surface area contributed by atoms with Crippen molar-refractivity contribution in [3.8, 4) is 5.88 Å². The second-order valence-electron chi connectivity index (χ2n) is 8.96. The van der Waals surface area contributed by atoms with Gasteiger partial charge >= 0.3 is 5.97 Å². The first kappa shape index (κ1) is 42.8. The van der Waals surface area contributed by atoms with Gasteiger partial charge in [0.15, 0.2) is 23.1 Å². The zero-order chi connectivity index (χ0) is 27.6. The Morgan fingerprint density at radius 1 is 0.902 bits per heavy atom. The molecule has 2 atom stereocenters. The number of hydrogen-bond acceptors (Lipinski definition) is 10. The van der Waals surface area contributed by atoms with Crippen LogP contribution in [-0.4, -0.2) is 82.1 Å². The molecule has 0 spiro atoms. The second-order valence-corrected chi connectivity index (χ2v) is 9.35. The SMILES string of the molecule is C.C.C.C.CC(=O)c1cccc(Cl)n1.CC1(C)OC[C@@H](CO)O1.CC1(C)OC[C@@H](COc2cccc(C(=O)O)n2)O1. The zero-order valence-corrected chi connectivity index (χ0v) is 22.2. The Balaban J connectivity index is -0.000000543. The lowest BCUT2D eigenvalue weighted by molar-refractivity contribution is -0.142. The lowest BCUT2D eigenvalue weighted by Crippen LogP contribution is -2.25. The first-order chi connectivity index (χ1) is 17.3. The highest BCUT2D eigenvalue weighted by atomic mass is 35.5. The van der Waals surface area contributed by atoms with Crippen molar-refractivity contribution < 1.29 is 43.5 Å². The third-order valence-corrected chi connectivity index (χ3v) is 4.98. The standard InChI is InChI=1S/C12H15NO5.C7H6ClNO.C6H12O3.4CH4/c1-12(2)17-7-8(18-12)6-16-10-5-3-4-9(13-10)11(14)15;1-5(10)6-3-2-4-7(8)9-6;1-6(2)8-4-5(3-7)9-6;;;;/h3-5,8H,6-7H2,1-2H3,(H,14,15);2-4H,1H3;5,7H,3-4H2,1-2H3;4*1H4/t8-;;5-;;;;/m1.1..../s1. The van der Waals surface area contributed by atoms with Crippen molar-refractivity contribution in [2.24, 2.45) is 0 Å². The number of aliphatic hydroxyl groups is 1. The number of nitrogens with zero attached hydrogens (tertiary/aromatic N) is 2. The maximum atomic E-state index is 10.7. The molecular formula is C29H49ClN2O9. The molecule has 0 aromatic carbocycles. The summed E-state index contributed by atoms with van der Waals surface area (Å²) in [6, 6.07) is 9.57. The Hall–Kier alpha value is -2.67. The molecule has 0 unspecified atom stereocenters. The number of aliphatic hydroxyl groups excluding tert-OH is 1. The van der Waals surface area contributed by atoms with E-state index >= 15 is 0 Å². The first-order valence-electron chi connectivity index (χ1n) is 11.5. The molecule has 2 N–H and O–H groups in total. The van der Waals surface area contributed by atoms with Crippen LogP contribution in [0.15, 0.2) is 36.4 Å². The van der Waals surface area contributed by atoms with Gasteiger partial charge in [0.25, 0.3) is 0 Å². The van der Waals surface area contributed by atoms with Gasteiger partial charge in [-0.3, -0.25) is 4.79 Å². The fraction of sp³-hybridized carbons (Fsp3) is 0.586.